The van der Waals surface area contributed by atoms with Gasteiger partial charge in [-0.05, 0) is 24.1 Å². The number of rotatable bonds is 5. The van der Waals surface area contributed by atoms with Gasteiger partial charge in [0.25, 0.3) is 0 Å². The van der Waals surface area contributed by atoms with Gasteiger partial charge in [0, 0.05) is 19.9 Å². The first-order chi connectivity index (χ1) is 9.20. The summed E-state index contributed by atoms with van der Waals surface area (Å²) in [6.45, 7) is 2.21. The van der Waals surface area contributed by atoms with Crippen LogP contribution < -0.4 is 5.32 Å². The highest BCUT2D eigenvalue weighted by Crippen LogP contribution is 2.16. The summed E-state index contributed by atoms with van der Waals surface area (Å²) in [5.41, 5.74) is 3.08. The number of amides is 1. The highest BCUT2D eigenvalue weighted by Gasteiger charge is 2.10. The van der Waals surface area contributed by atoms with E-state index < -0.39 is 6.10 Å². The lowest BCUT2D eigenvalue weighted by Gasteiger charge is -2.10. The normalized spacial score (nSPS) is 12.1. The van der Waals surface area contributed by atoms with Crippen LogP contribution in [0.5, 0.6) is 0 Å². The van der Waals surface area contributed by atoms with Crippen LogP contribution in [-0.2, 0) is 16.1 Å². The summed E-state index contributed by atoms with van der Waals surface area (Å²) in [6, 6.07) is 9.86. The van der Waals surface area contributed by atoms with Crippen LogP contribution in [0.4, 0.5) is 0 Å². The molecule has 2 aromatic rings. The first-order valence-corrected chi connectivity index (χ1v) is 6.10. The molecule has 0 spiro atoms. The van der Waals surface area contributed by atoms with E-state index in [1.54, 1.807) is 13.1 Å². The van der Waals surface area contributed by atoms with Gasteiger partial charge in [-0.2, -0.15) is 5.10 Å². The van der Waals surface area contributed by atoms with Crippen molar-refractivity contribution in [1.29, 1.82) is 0 Å². The number of hydrogen-bond donors (Lipinski definition) is 2. The second-order valence-corrected chi connectivity index (χ2v) is 4.26. The number of aromatic nitrogens is 2. The standard InChI is InChI=1S/C14H17N3O2/c1-10(19-2)14(18)15-9-11-3-5-12(6-4-11)13-7-8-16-17-13/h3-8,10H,9H2,1-2H3,(H,15,18)(H,16,17). The lowest BCUT2D eigenvalue weighted by Crippen LogP contribution is -2.33. The molecule has 1 aromatic carbocycles. The topological polar surface area (TPSA) is 67.0 Å². The summed E-state index contributed by atoms with van der Waals surface area (Å²) in [5.74, 6) is -0.111. The van der Waals surface area contributed by atoms with Crippen molar-refractivity contribution >= 4 is 5.91 Å². The maximum atomic E-state index is 11.6. The van der Waals surface area contributed by atoms with Crippen molar-refractivity contribution in [2.45, 2.75) is 19.6 Å². The molecule has 5 nitrogen and oxygen atoms in total. The number of nitrogens with one attached hydrogen (secondary N) is 2. The molecule has 0 aliphatic heterocycles. The van der Waals surface area contributed by atoms with Crippen molar-refractivity contribution in [3.05, 3.63) is 42.1 Å². The van der Waals surface area contributed by atoms with Gasteiger partial charge in [-0.1, -0.05) is 24.3 Å². The van der Waals surface area contributed by atoms with E-state index in [1.165, 1.54) is 7.11 Å². The van der Waals surface area contributed by atoms with E-state index in [9.17, 15) is 4.79 Å². The summed E-state index contributed by atoms with van der Waals surface area (Å²) >= 11 is 0. The molecule has 2 N–H and O–H groups in total. The molecule has 0 aliphatic rings. The Bertz CT molecular complexity index is 520. The number of H-pyrrole nitrogens is 1. The third kappa shape index (κ3) is 3.42. The van der Waals surface area contributed by atoms with E-state index in [0.29, 0.717) is 6.54 Å². The van der Waals surface area contributed by atoms with Gasteiger partial charge in [0.05, 0.1) is 5.69 Å². The summed E-state index contributed by atoms with van der Waals surface area (Å²) in [7, 11) is 1.52. The molecule has 0 saturated heterocycles. The molecule has 0 radical (unpaired) electrons. The second-order valence-electron chi connectivity index (χ2n) is 4.26. The average molecular weight is 259 g/mol. The highest BCUT2D eigenvalue weighted by molar-refractivity contribution is 5.80. The van der Waals surface area contributed by atoms with Gasteiger partial charge in [0.1, 0.15) is 6.10 Å². The Morgan fingerprint density at radius 2 is 2.11 bits per heavy atom. The minimum absolute atomic E-state index is 0.111. The van der Waals surface area contributed by atoms with E-state index in [2.05, 4.69) is 15.5 Å². The number of aromatic amines is 1. The first-order valence-electron chi connectivity index (χ1n) is 6.10. The van der Waals surface area contributed by atoms with Crippen LogP contribution in [0, 0.1) is 0 Å². The predicted molar refractivity (Wildman–Crippen MR) is 72.3 cm³/mol. The lowest BCUT2D eigenvalue weighted by atomic mass is 10.1. The Morgan fingerprint density at radius 1 is 1.37 bits per heavy atom. The molecular formula is C14H17N3O2. The van der Waals surface area contributed by atoms with Crippen LogP contribution in [-0.4, -0.2) is 29.3 Å². The largest absolute Gasteiger partial charge is 0.372 e. The smallest absolute Gasteiger partial charge is 0.249 e. The Kier molecular flexibility index (Phi) is 4.30. The number of hydrogen-bond acceptors (Lipinski definition) is 3. The van der Waals surface area contributed by atoms with E-state index in [4.69, 9.17) is 4.74 Å². The molecular weight excluding hydrogens is 242 g/mol. The van der Waals surface area contributed by atoms with Crippen LogP contribution in [0.2, 0.25) is 0 Å². The SMILES string of the molecule is COC(C)C(=O)NCc1ccc(-c2ccn[nH]2)cc1. The van der Waals surface area contributed by atoms with Gasteiger partial charge in [-0.15, -0.1) is 0 Å². The zero-order valence-electron chi connectivity index (χ0n) is 11.0. The fourth-order valence-electron chi connectivity index (χ4n) is 1.66. The Balaban J connectivity index is 1.94. The molecule has 0 aliphatic carbocycles. The van der Waals surface area contributed by atoms with Crippen LogP contribution in [0.25, 0.3) is 11.3 Å². The zero-order chi connectivity index (χ0) is 13.7. The maximum Gasteiger partial charge on any atom is 0.249 e. The van der Waals surface area contributed by atoms with Crippen molar-refractivity contribution in [2.24, 2.45) is 0 Å². The van der Waals surface area contributed by atoms with Crippen molar-refractivity contribution < 1.29 is 9.53 Å². The highest BCUT2D eigenvalue weighted by atomic mass is 16.5. The van der Waals surface area contributed by atoms with Gasteiger partial charge in [-0.25, -0.2) is 0 Å². The molecule has 1 amide bonds. The number of methoxy groups -OCH3 is 1. The average Bonchev–Trinajstić information content (AvgIpc) is 2.98. The fourth-order valence-corrected chi connectivity index (χ4v) is 1.66. The maximum absolute atomic E-state index is 11.6. The zero-order valence-corrected chi connectivity index (χ0v) is 11.0. The van der Waals surface area contributed by atoms with E-state index in [1.807, 2.05) is 30.3 Å². The Morgan fingerprint density at radius 3 is 2.68 bits per heavy atom. The Labute approximate surface area is 112 Å². The fraction of sp³-hybridized carbons (Fsp3) is 0.286. The molecule has 5 heteroatoms. The quantitative estimate of drug-likeness (QED) is 0.859. The number of ether oxygens (including phenoxy) is 1. The minimum Gasteiger partial charge on any atom is -0.372 e. The number of carbonyl (C=O) groups is 1. The molecule has 1 atom stereocenters. The molecule has 0 bridgehead atoms. The third-order valence-electron chi connectivity index (χ3n) is 2.96. The van der Waals surface area contributed by atoms with Crippen molar-refractivity contribution in [2.75, 3.05) is 7.11 Å². The van der Waals surface area contributed by atoms with Gasteiger partial charge in [0.15, 0.2) is 0 Å². The van der Waals surface area contributed by atoms with Gasteiger partial charge < -0.3 is 10.1 Å². The molecule has 1 aromatic heterocycles. The van der Waals surface area contributed by atoms with Crippen LogP contribution >= 0.6 is 0 Å². The molecule has 1 heterocycles. The van der Waals surface area contributed by atoms with Crippen LogP contribution in [0.15, 0.2) is 36.5 Å². The molecule has 2 rings (SSSR count). The lowest BCUT2D eigenvalue weighted by molar-refractivity contribution is -0.130. The summed E-state index contributed by atoms with van der Waals surface area (Å²) in [6.07, 6.45) is 1.29. The number of benzene rings is 1. The summed E-state index contributed by atoms with van der Waals surface area (Å²) in [5, 5.41) is 9.64. The van der Waals surface area contributed by atoms with Gasteiger partial charge in [-0.3, -0.25) is 9.89 Å². The van der Waals surface area contributed by atoms with Crippen molar-refractivity contribution in [3.63, 3.8) is 0 Å². The van der Waals surface area contributed by atoms with Crippen LogP contribution in [0.3, 0.4) is 0 Å². The predicted octanol–water partition coefficient (Wildman–Crippen LogP) is 1.73. The van der Waals surface area contributed by atoms with Crippen molar-refractivity contribution in [1.82, 2.24) is 15.5 Å². The monoisotopic (exact) mass is 259 g/mol. The third-order valence-corrected chi connectivity index (χ3v) is 2.96. The molecule has 0 saturated carbocycles. The number of carbonyl (C=O) groups excluding carboxylic acids is 1. The van der Waals surface area contributed by atoms with Crippen LogP contribution in [0.1, 0.15) is 12.5 Å². The number of nitrogens with zero attached hydrogens (tertiary/aromatic N) is 1. The molecule has 19 heavy (non-hydrogen) atoms. The van der Waals surface area contributed by atoms with Gasteiger partial charge in [0.2, 0.25) is 5.91 Å². The molecule has 0 fully saturated rings. The Hall–Kier alpha value is -2.14. The second kappa shape index (κ2) is 6.15. The van der Waals surface area contributed by atoms with Crippen molar-refractivity contribution in [3.8, 4) is 11.3 Å². The van der Waals surface area contributed by atoms with E-state index in [-0.39, 0.29) is 5.91 Å². The van der Waals surface area contributed by atoms with E-state index >= 15 is 0 Å². The summed E-state index contributed by atoms with van der Waals surface area (Å²) < 4.78 is 4.95. The molecule has 100 valence electrons. The van der Waals surface area contributed by atoms with Gasteiger partial charge >= 0.3 is 0 Å². The first kappa shape index (κ1) is 13.3. The van der Waals surface area contributed by atoms with E-state index in [0.717, 1.165) is 16.8 Å². The minimum atomic E-state index is -0.427. The molecule has 1 unspecified atom stereocenters. The summed E-state index contributed by atoms with van der Waals surface area (Å²) in [4.78, 5) is 11.6.